The lowest BCUT2D eigenvalue weighted by molar-refractivity contribution is 0.242. The molecule has 9 heteroatoms. The van der Waals surface area contributed by atoms with Crippen LogP contribution in [0.4, 0.5) is 0 Å². The minimum absolute atomic E-state index is 0.0180. The van der Waals surface area contributed by atoms with Crippen LogP contribution >= 0.6 is 0 Å². The Morgan fingerprint density at radius 3 is 2.26 bits per heavy atom. The highest BCUT2D eigenvalue weighted by Crippen LogP contribution is 2.50. The number of rotatable bonds is 7. The molecular weight excluding hydrogens is 436 g/mol. The zero-order chi connectivity index (χ0) is 24.4. The van der Waals surface area contributed by atoms with E-state index in [2.05, 4.69) is 16.3 Å². The zero-order valence-corrected chi connectivity index (χ0v) is 19.6. The minimum atomic E-state index is -0.621. The van der Waals surface area contributed by atoms with Gasteiger partial charge in [-0.2, -0.15) is 5.26 Å². The van der Waals surface area contributed by atoms with Crippen molar-refractivity contribution in [3.63, 3.8) is 0 Å². The normalized spacial score (nSPS) is 14.8. The summed E-state index contributed by atoms with van der Waals surface area (Å²) in [5.41, 5.74) is 9.22. The van der Waals surface area contributed by atoms with Gasteiger partial charge in [-0.3, -0.25) is 5.10 Å². The largest absolute Gasteiger partial charge is 0.496 e. The van der Waals surface area contributed by atoms with Crippen LogP contribution in [0, 0.1) is 11.3 Å². The van der Waals surface area contributed by atoms with Gasteiger partial charge in [0.1, 0.15) is 23.1 Å². The summed E-state index contributed by atoms with van der Waals surface area (Å²) in [5.74, 6) is 1.89. The molecule has 0 aliphatic carbocycles. The van der Waals surface area contributed by atoms with E-state index in [1.165, 1.54) is 0 Å². The standard InChI is InChI=1S/C25H26N4O5/c1-13(2)33-15-8-6-14(7-9-15)23-22-21(17(12-26)24(27)34-25(22)29-28-23)16-10-19(31-4)20(32-5)11-18(16)30-3/h6-11,13,21H,27H2,1-5H3,(H,28,29)/t21-/m1/s1. The van der Waals surface area contributed by atoms with E-state index in [4.69, 9.17) is 29.4 Å². The highest BCUT2D eigenvalue weighted by molar-refractivity contribution is 5.72. The summed E-state index contributed by atoms with van der Waals surface area (Å²) in [6.07, 6.45) is 0.0624. The molecule has 0 radical (unpaired) electrons. The Kier molecular flexibility index (Phi) is 6.23. The molecule has 3 aromatic rings. The molecule has 2 aromatic carbocycles. The first-order chi connectivity index (χ1) is 16.4. The van der Waals surface area contributed by atoms with Gasteiger partial charge in [-0.25, -0.2) is 0 Å². The lowest BCUT2D eigenvalue weighted by atomic mass is 9.82. The van der Waals surface area contributed by atoms with E-state index in [1.807, 2.05) is 38.1 Å². The molecule has 1 aliphatic heterocycles. The number of ether oxygens (including phenoxy) is 5. The molecule has 0 unspecified atom stereocenters. The van der Waals surface area contributed by atoms with Crippen molar-refractivity contribution in [2.45, 2.75) is 25.9 Å². The van der Waals surface area contributed by atoms with Crippen LogP contribution in [0.1, 0.15) is 30.9 Å². The van der Waals surface area contributed by atoms with Gasteiger partial charge in [0.05, 0.1) is 44.6 Å². The van der Waals surface area contributed by atoms with Crippen molar-refractivity contribution in [2.24, 2.45) is 5.73 Å². The van der Waals surface area contributed by atoms with Crippen molar-refractivity contribution >= 4 is 0 Å². The second-order valence-corrected chi connectivity index (χ2v) is 7.88. The Balaban J connectivity index is 1.91. The fourth-order valence-electron chi connectivity index (χ4n) is 4.03. The quantitative estimate of drug-likeness (QED) is 0.537. The first-order valence-corrected chi connectivity index (χ1v) is 10.6. The molecule has 0 saturated carbocycles. The third kappa shape index (κ3) is 3.94. The molecule has 2 heterocycles. The number of benzene rings is 2. The summed E-state index contributed by atoms with van der Waals surface area (Å²) in [5, 5.41) is 17.4. The molecule has 4 rings (SSSR count). The highest BCUT2D eigenvalue weighted by atomic mass is 16.5. The van der Waals surface area contributed by atoms with Gasteiger partial charge in [0.2, 0.25) is 11.8 Å². The zero-order valence-electron chi connectivity index (χ0n) is 19.6. The maximum Gasteiger partial charge on any atom is 0.244 e. The Morgan fingerprint density at radius 1 is 1.03 bits per heavy atom. The molecule has 1 aromatic heterocycles. The molecule has 9 nitrogen and oxygen atoms in total. The van der Waals surface area contributed by atoms with Crippen LogP contribution in [0.3, 0.4) is 0 Å². The van der Waals surface area contributed by atoms with E-state index < -0.39 is 5.92 Å². The molecule has 1 atom stereocenters. The summed E-state index contributed by atoms with van der Waals surface area (Å²) < 4.78 is 28.1. The summed E-state index contributed by atoms with van der Waals surface area (Å²) in [6.45, 7) is 3.94. The molecule has 34 heavy (non-hydrogen) atoms. The molecule has 0 amide bonds. The lowest BCUT2D eigenvalue weighted by Gasteiger charge is -2.26. The van der Waals surface area contributed by atoms with Crippen LogP contribution < -0.4 is 29.4 Å². The van der Waals surface area contributed by atoms with Gasteiger partial charge in [0.15, 0.2) is 11.5 Å². The molecule has 0 bridgehead atoms. The predicted molar refractivity (Wildman–Crippen MR) is 125 cm³/mol. The maximum atomic E-state index is 10.0. The van der Waals surface area contributed by atoms with Gasteiger partial charge in [-0.1, -0.05) is 0 Å². The van der Waals surface area contributed by atoms with E-state index in [0.29, 0.717) is 34.1 Å². The minimum Gasteiger partial charge on any atom is -0.496 e. The van der Waals surface area contributed by atoms with Gasteiger partial charge < -0.3 is 29.4 Å². The van der Waals surface area contributed by atoms with Crippen molar-refractivity contribution in [1.82, 2.24) is 10.2 Å². The average Bonchev–Trinajstić information content (AvgIpc) is 3.25. The highest BCUT2D eigenvalue weighted by Gasteiger charge is 2.37. The van der Waals surface area contributed by atoms with E-state index in [0.717, 1.165) is 11.3 Å². The topological polar surface area (TPSA) is 125 Å². The SMILES string of the molecule is COc1cc(OC)c([C@@H]2C(C#N)=C(N)Oc3n[nH]c(-c4ccc(OC(C)C)cc4)c32)cc1OC. The van der Waals surface area contributed by atoms with E-state index in [-0.39, 0.29) is 23.4 Å². The number of aromatic amines is 1. The molecule has 1 aliphatic rings. The molecule has 0 saturated heterocycles. The van der Waals surface area contributed by atoms with Crippen LogP contribution in [0.15, 0.2) is 47.9 Å². The van der Waals surface area contributed by atoms with Crippen LogP contribution in [0.2, 0.25) is 0 Å². The fourth-order valence-corrected chi connectivity index (χ4v) is 4.03. The predicted octanol–water partition coefficient (Wildman–Crippen LogP) is 4.11. The number of nitrogens with one attached hydrogen (secondary N) is 1. The van der Waals surface area contributed by atoms with Crippen LogP contribution in [0.25, 0.3) is 11.3 Å². The van der Waals surface area contributed by atoms with Crippen LogP contribution in [0.5, 0.6) is 28.9 Å². The number of nitrogens with two attached hydrogens (primary N) is 1. The average molecular weight is 463 g/mol. The maximum absolute atomic E-state index is 10.0. The number of nitriles is 1. The summed E-state index contributed by atoms with van der Waals surface area (Å²) in [4.78, 5) is 0. The van der Waals surface area contributed by atoms with Gasteiger partial charge in [-0.05, 0) is 44.2 Å². The number of hydrogen-bond donors (Lipinski definition) is 2. The molecule has 176 valence electrons. The fraction of sp³-hybridized carbons (Fsp3) is 0.280. The van der Waals surface area contributed by atoms with Crippen molar-refractivity contribution in [2.75, 3.05) is 21.3 Å². The van der Waals surface area contributed by atoms with Gasteiger partial charge >= 0.3 is 0 Å². The van der Waals surface area contributed by atoms with Crippen molar-refractivity contribution in [1.29, 1.82) is 5.26 Å². The second-order valence-electron chi connectivity index (χ2n) is 7.88. The van der Waals surface area contributed by atoms with Crippen molar-refractivity contribution < 1.29 is 23.7 Å². The summed E-state index contributed by atoms with van der Waals surface area (Å²) >= 11 is 0. The van der Waals surface area contributed by atoms with Gasteiger partial charge in [0.25, 0.3) is 0 Å². The molecule has 0 fully saturated rings. The number of H-pyrrole nitrogens is 1. The Labute approximate surface area is 197 Å². The summed E-state index contributed by atoms with van der Waals surface area (Å²) in [7, 11) is 4.64. The Bertz CT molecular complexity index is 1270. The first kappa shape index (κ1) is 22.9. The number of methoxy groups -OCH3 is 3. The number of fused-ring (bicyclic) bond motifs is 1. The molecule has 3 N–H and O–H groups in total. The lowest BCUT2D eigenvalue weighted by Crippen LogP contribution is -2.21. The number of hydrogen-bond acceptors (Lipinski definition) is 8. The van der Waals surface area contributed by atoms with Crippen molar-refractivity contribution in [3.05, 3.63) is 59.0 Å². The Morgan fingerprint density at radius 2 is 1.68 bits per heavy atom. The first-order valence-electron chi connectivity index (χ1n) is 10.6. The second kappa shape index (κ2) is 9.27. The van der Waals surface area contributed by atoms with Crippen molar-refractivity contribution in [3.8, 4) is 46.2 Å². The van der Waals surface area contributed by atoms with E-state index in [1.54, 1.807) is 33.5 Å². The van der Waals surface area contributed by atoms with Crippen LogP contribution in [-0.2, 0) is 0 Å². The number of nitrogens with zero attached hydrogens (tertiary/aromatic N) is 2. The molecular formula is C25H26N4O5. The Hall–Kier alpha value is -4.32. The summed E-state index contributed by atoms with van der Waals surface area (Å²) in [6, 6.07) is 13.3. The number of allylic oxidation sites excluding steroid dienone is 1. The third-order valence-corrected chi connectivity index (χ3v) is 5.50. The monoisotopic (exact) mass is 462 g/mol. The smallest absolute Gasteiger partial charge is 0.244 e. The third-order valence-electron chi connectivity index (χ3n) is 5.50. The van der Waals surface area contributed by atoms with Gasteiger partial charge in [-0.15, -0.1) is 5.10 Å². The van der Waals surface area contributed by atoms with E-state index in [9.17, 15) is 5.26 Å². The van der Waals surface area contributed by atoms with Gasteiger partial charge in [0, 0.05) is 17.2 Å². The molecule has 0 spiro atoms. The van der Waals surface area contributed by atoms with Crippen LogP contribution in [-0.4, -0.2) is 37.6 Å². The van der Waals surface area contributed by atoms with E-state index >= 15 is 0 Å². The number of aromatic nitrogens is 2.